The Morgan fingerprint density at radius 1 is 1.28 bits per heavy atom. The van der Waals surface area contributed by atoms with Crippen LogP contribution in [-0.4, -0.2) is 19.9 Å². The van der Waals surface area contributed by atoms with Gasteiger partial charge in [0.25, 0.3) is 0 Å². The molecular weight excluding hydrogens is 382 g/mol. The molecule has 0 saturated carbocycles. The number of methoxy groups -OCH3 is 1. The maximum Gasteiger partial charge on any atom is 0.174 e. The largest absolute Gasteiger partial charge is 0.493 e. The summed E-state index contributed by atoms with van der Waals surface area (Å²) in [7, 11) is 1.56. The van der Waals surface area contributed by atoms with Gasteiger partial charge < -0.3 is 9.47 Å². The summed E-state index contributed by atoms with van der Waals surface area (Å²) >= 11 is 1.64. The van der Waals surface area contributed by atoms with E-state index in [0.717, 1.165) is 35.4 Å². The molecule has 0 aliphatic heterocycles. The van der Waals surface area contributed by atoms with E-state index in [9.17, 15) is 5.26 Å². The summed E-state index contributed by atoms with van der Waals surface area (Å²) in [4.78, 5) is 5.93. The molecule has 1 aromatic carbocycles. The standard InChI is InChI=1S/C23H25N3O2S/c1-23(2,3)16-6-7-17-18(13-25)22(29-21(17)12-16)26-14-15-5-8-19(28-10-9-24)20(11-15)27-4/h5,8,11,14,16H,6-7,10,12H2,1-4H3/t16-/m0/s1. The van der Waals surface area contributed by atoms with Crippen molar-refractivity contribution in [3.05, 3.63) is 39.8 Å². The quantitative estimate of drug-likeness (QED) is 0.619. The fourth-order valence-electron chi connectivity index (χ4n) is 3.64. The van der Waals surface area contributed by atoms with E-state index >= 15 is 0 Å². The number of nitriles is 2. The number of hydrogen-bond acceptors (Lipinski definition) is 6. The predicted molar refractivity (Wildman–Crippen MR) is 115 cm³/mol. The summed E-state index contributed by atoms with van der Waals surface area (Å²) in [6.45, 7) is 6.83. The lowest BCUT2D eigenvalue weighted by atomic mass is 9.72. The molecular formula is C23H25N3O2S. The number of nitrogens with zero attached hydrogens (tertiary/aromatic N) is 3. The Bertz CT molecular complexity index is 1000. The van der Waals surface area contributed by atoms with Gasteiger partial charge in [0.15, 0.2) is 18.1 Å². The van der Waals surface area contributed by atoms with Crippen molar-refractivity contribution in [3.63, 3.8) is 0 Å². The zero-order valence-corrected chi connectivity index (χ0v) is 18.1. The topological polar surface area (TPSA) is 78.4 Å². The van der Waals surface area contributed by atoms with Gasteiger partial charge in [-0.25, -0.2) is 4.99 Å². The van der Waals surface area contributed by atoms with Gasteiger partial charge in [0.1, 0.15) is 17.1 Å². The van der Waals surface area contributed by atoms with Gasteiger partial charge in [-0.05, 0) is 59.9 Å². The summed E-state index contributed by atoms with van der Waals surface area (Å²) in [5.74, 6) is 1.69. The Hall–Kier alpha value is -2.83. The molecule has 1 heterocycles. The highest BCUT2D eigenvalue weighted by Crippen LogP contribution is 2.44. The van der Waals surface area contributed by atoms with Crippen molar-refractivity contribution in [2.24, 2.45) is 16.3 Å². The molecule has 2 aromatic rings. The average molecular weight is 408 g/mol. The second-order valence-electron chi connectivity index (χ2n) is 8.22. The zero-order chi connectivity index (χ0) is 21.0. The number of aliphatic imine (C=N–C) groups is 1. The van der Waals surface area contributed by atoms with Crippen molar-refractivity contribution >= 4 is 22.6 Å². The molecule has 5 nitrogen and oxygen atoms in total. The summed E-state index contributed by atoms with van der Waals surface area (Å²) in [5.41, 5.74) is 3.01. The molecule has 1 aliphatic carbocycles. The Labute approximate surface area is 176 Å². The lowest BCUT2D eigenvalue weighted by molar-refractivity contribution is 0.218. The number of thiophene rings is 1. The van der Waals surface area contributed by atoms with Crippen molar-refractivity contribution < 1.29 is 9.47 Å². The molecule has 150 valence electrons. The highest BCUT2D eigenvalue weighted by molar-refractivity contribution is 7.16. The van der Waals surface area contributed by atoms with Gasteiger partial charge in [-0.3, -0.25) is 0 Å². The molecule has 0 amide bonds. The first-order chi connectivity index (χ1) is 13.9. The molecule has 0 radical (unpaired) electrons. The van der Waals surface area contributed by atoms with Gasteiger partial charge in [0.2, 0.25) is 0 Å². The molecule has 0 unspecified atom stereocenters. The zero-order valence-electron chi connectivity index (χ0n) is 17.3. The highest BCUT2D eigenvalue weighted by atomic mass is 32.1. The van der Waals surface area contributed by atoms with E-state index in [-0.39, 0.29) is 12.0 Å². The minimum Gasteiger partial charge on any atom is -0.493 e. The third-order valence-electron chi connectivity index (χ3n) is 5.39. The Kier molecular flexibility index (Phi) is 6.25. The fourth-order valence-corrected chi connectivity index (χ4v) is 4.87. The molecule has 1 aromatic heterocycles. The van der Waals surface area contributed by atoms with Crippen LogP contribution < -0.4 is 9.47 Å². The lowest BCUT2D eigenvalue weighted by Gasteiger charge is -2.33. The van der Waals surface area contributed by atoms with Crippen LogP contribution in [0.25, 0.3) is 0 Å². The van der Waals surface area contributed by atoms with Crippen molar-refractivity contribution in [2.45, 2.75) is 40.0 Å². The van der Waals surface area contributed by atoms with Gasteiger partial charge in [-0.2, -0.15) is 10.5 Å². The van der Waals surface area contributed by atoms with Crippen molar-refractivity contribution in [3.8, 4) is 23.6 Å². The van der Waals surface area contributed by atoms with Crippen LogP contribution in [0.5, 0.6) is 11.5 Å². The molecule has 0 bridgehead atoms. The smallest absolute Gasteiger partial charge is 0.174 e. The minimum atomic E-state index is -0.0361. The third kappa shape index (κ3) is 4.60. The Balaban J connectivity index is 1.86. The summed E-state index contributed by atoms with van der Waals surface area (Å²) in [6, 6.07) is 9.74. The van der Waals surface area contributed by atoms with Crippen LogP contribution in [0.4, 0.5) is 5.00 Å². The van der Waals surface area contributed by atoms with Gasteiger partial charge in [0, 0.05) is 11.1 Å². The summed E-state index contributed by atoms with van der Waals surface area (Å²) in [6.07, 6.45) is 4.83. The number of benzene rings is 1. The van der Waals surface area contributed by atoms with Gasteiger partial charge in [-0.15, -0.1) is 11.3 Å². The van der Waals surface area contributed by atoms with E-state index in [1.54, 1.807) is 30.7 Å². The lowest BCUT2D eigenvalue weighted by Crippen LogP contribution is -2.26. The highest BCUT2D eigenvalue weighted by Gasteiger charge is 2.32. The summed E-state index contributed by atoms with van der Waals surface area (Å²) in [5, 5.41) is 19.2. The molecule has 6 heteroatoms. The molecule has 29 heavy (non-hydrogen) atoms. The first kappa shape index (κ1) is 20.9. The van der Waals surface area contributed by atoms with Gasteiger partial charge >= 0.3 is 0 Å². The summed E-state index contributed by atoms with van der Waals surface area (Å²) < 4.78 is 10.7. The van der Waals surface area contributed by atoms with Gasteiger partial charge in [-0.1, -0.05) is 20.8 Å². The van der Waals surface area contributed by atoms with Crippen LogP contribution in [0.3, 0.4) is 0 Å². The molecule has 1 aliphatic rings. The van der Waals surface area contributed by atoms with Crippen molar-refractivity contribution in [1.29, 1.82) is 10.5 Å². The molecule has 0 spiro atoms. The molecule has 3 rings (SSSR count). The van der Waals surface area contributed by atoms with Gasteiger partial charge in [0.05, 0.1) is 12.7 Å². The number of hydrogen-bond donors (Lipinski definition) is 0. The first-order valence-corrected chi connectivity index (χ1v) is 10.5. The van der Waals surface area contributed by atoms with Crippen molar-refractivity contribution in [1.82, 2.24) is 0 Å². The number of fused-ring (bicyclic) bond motifs is 1. The maximum atomic E-state index is 9.71. The molecule has 0 N–H and O–H groups in total. The number of rotatable bonds is 5. The second kappa shape index (κ2) is 8.68. The monoisotopic (exact) mass is 407 g/mol. The average Bonchev–Trinajstić information content (AvgIpc) is 3.06. The Morgan fingerprint density at radius 2 is 2.07 bits per heavy atom. The van der Waals surface area contributed by atoms with Crippen LogP contribution in [0, 0.1) is 34.0 Å². The minimum absolute atomic E-state index is 0.0361. The van der Waals surface area contributed by atoms with Crippen LogP contribution in [0.1, 0.15) is 48.8 Å². The van der Waals surface area contributed by atoms with E-state index in [1.165, 1.54) is 10.4 Å². The van der Waals surface area contributed by atoms with E-state index in [0.29, 0.717) is 17.4 Å². The second-order valence-corrected chi connectivity index (χ2v) is 9.30. The van der Waals surface area contributed by atoms with E-state index < -0.39 is 0 Å². The van der Waals surface area contributed by atoms with Crippen LogP contribution >= 0.6 is 11.3 Å². The SMILES string of the molecule is COc1cc(C=Nc2sc3c(c2C#N)CC[C@H](C(C)(C)C)C3)ccc1OCC#N. The van der Waals surface area contributed by atoms with Crippen LogP contribution in [-0.2, 0) is 12.8 Å². The van der Waals surface area contributed by atoms with Crippen LogP contribution in [0.15, 0.2) is 23.2 Å². The van der Waals surface area contributed by atoms with Crippen LogP contribution in [0.2, 0.25) is 0 Å². The molecule has 0 saturated heterocycles. The van der Waals surface area contributed by atoms with E-state index in [4.69, 9.17) is 14.7 Å². The van der Waals surface area contributed by atoms with E-state index in [2.05, 4.69) is 31.8 Å². The third-order valence-corrected chi connectivity index (χ3v) is 6.56. The Morgan fingerprint density at radius 3 is 2.72 bits per heavy atom. The predicted octanol–water partition coefficient (Wildman–Crippen LogP) is 5.43. The normalized spacial score (nSPS) is 16.1. The molecule has 1 atom stereocenters. The van der Waals surface area contributed by atoms with Crippen molar-refractivity contribution in [2.75, 3.05) is 13.7 Å². The number of ether oxygens (including phenoxy) is 2. The first-order valence-electron chi connectivity index (χ1n) is 9.63. The maximum absolute atomic E-state index is 9.71. The molecule has 0 fully saturated rings. The van der Waals surface area contributed by atoms with E-state index in [1.807, 2.05) is 18.2 Å². The fraction of sp³-hybridized carbons (Fsp3) is 0.435.